The van der Waals surface area contributed by atoms with Gasteiger partial charge in [0.05, 0.1) is 11.7 Å². The Kier molecular flexibility index (Phi) is 4.26. The molecule has 0 radical (unpaired) electrons. The van der Waals surface area contributed by atoms with Crippen LogP contribution in [-0.4, -0.2) is 28.4 Å². The Morgan fingerprint density at radius 1 is 1.47 bits per heavy atom. The fourth-order valence-corrected chi connectivity index (χ4v) is 1.39. The number of rotatable bonds is 4. The van der Waals surface area contributed by atoms with Crippen LogP contribution in [0.3, 0.4) is 0 Å². The summed E-state index contributed by atoms with van der Waals surface area (Å²) in [5.41, 5.74) is -0.237. The van der Waals surface area contributed by atoms with Crippen LogP contribution in [0.5, 0.6) is 0 Å². The lowest BCUT2D eigenvalue weighted by molar-refractivity contribution is 0.0314. The van der Waals surface area contributed by atoms with E-state index in [1.165, 1.54) is 18.2 Å². The maximum absolute atomic E-state index is 13.5. The minimum Gasteiger partial charge on any atom is -0.389 e. The first-order valence-corrected chi connectivity index (χ1v) is 4.95. The van der Waals surface area contributed by atoms with Gasteiger partial charge in [0.15, 0.2) is 6.29 Å². The summed E-state index contributed by atoms with van der Waals surface area (Å²) < 4.78 is 13.5. The van der Waals surface area contributed by atoms with E-state index in [0.717, 1.165) is 0 Å². The lowest BCUT2D eigenvalue weighted by Crippen LogP contribution is -2.21. The summed E-state index contributed by atoms with van der Waals surface area (Å²) in [6.45, 7) is 0. The normalized spacial score (nSPS) is 14.7. The Balaban J connectivity index is 3.09. The monoisotopic (exact) mass is 230 g/mol. The molecule has 3 nitrogen and oxygen atoms in total. The van der Waals surface area contributed by atoms with Gasteiger partial charge in [0.1, 0.15) is 11.9 Å². The largest absolute Gasteiger partial charge is 0.389 e. The number of aliphatic hydroxyl groups excluding tert-OH is 2. The molecule has 0 aromatic heterocycles. The summed E-state index contributed by atoms with van der Waals surface area (Å²) in [5, 5.41) is 18.8. The first kappa shape index (κ1) is 12.2. The van der Waals surface area contributed by atoms with Gasteiger partial charge in [0, 0.05) is 11.3 Å². The number of aldehydes is 1. The quantitative estimate of drug-likeness (QED) is 0.533. The number of benzene rings is 1. The highest BCUT2D eigenvalue weighted by Crippen LogP contribution is 2.22. The van der Waals surface area contributed by atoms with Crippen LogP contribution >= 0.6 is 12.6 Å². The van der Waals surface area contributed by atoms with Crippen LogP contribution in [0.4, 0.5) is 4.39 Å². The van der Waals surface area contributed by atoms with Crippen molar-refractivity contribution in [2.45, 2.75) is 12.2 Å². The van der Waals surface area contributed by atoms with E-state index in [2.05, 4.69) is 12.6 Å². The van der Waals surface area contributed by atoms with Crippen molar-refractivity contribution in [1.82, 2.24) is 0 Å². The highest BCUT2D eigenvalue weighted by atomic mass is 32.1. The molecule has 0 saturated carbocycles. The predicted molar refractivity (Wildman–Crippen MR) is 56.6 cm³/mol. The molecule has 1 rings (SSSR count). The zero-order valence-corrected chi connectivity index (χ0v) is 8.69. The summed E-state index contributed by atoms with van der Waals surface area (Å²) >= 11 is 3.79. The molecule has 1 aromatic carbocycles. The van der Waals surface area contributed by atoms with Crippen LogP contribution in [0.15, 0.2) is 18.2 Å². The van der Waals surface area contributed by atoms with Gasteiger partial charge in [-0.25, -0.2) is 4.39 Å². The molecule has 1 aromatic rings. The lowest BCUT2D eigenvalue weighted by atomic mass is 10.0. The van der Waals surface area contributed by atoms with Gasteiger partial charge in [0.25, 0.3) is 0 Å². The third-order valence-electron chi connectivity index (χ3n) is 2.06. The summed E-state index contributed by atoms with van der Waals surface area (Å²) in [6.07, 6.45) is -2.18. The summed E-state index contributed by atoms with van der Waals surface area (Å²) in [7, 11) is 0. The van der Waals surface area contributed by atoms with Gasteiger partial charge in [0.2, 0.25) is 0 Å². The van der Waals surface area contributed by atoms with Crippen molar-refractivity contribution in [3.8, 4) is 0 Å². The zero-order chi connectivity index (χ0) is 11.4. The van der Waals surface area contributed by atoms with Crippen LogP contribution in [0.25, 0.3) is 0 Å². The van der Waals surface area contributed by atoms with Crippen molar-refractivity contribution in [1.29, 1.82) is 0 Å². The second-order valence-electron chi connectivity index (χ2n) is 3.06. The summed E-state index contributed by atoms with van der Waals surface area (Å²) in [5.74, 6) is -0.799. The molecule has 0 spiro atoms. The van der Waals surface area contributed by atoms with E-state index in [9.17, 15) is 19.4 Å². The van der Waals surface area contributed by atoms with E-state index < -0.39 is 18.0 Å². The number of aliphatic hydroxyl groups is 2. The summed E-state index contributed by atoms with van der Waals surface area (Å²) in [4.78, 5) is 10.4. The van der Waals surface area contributed by atoms with E-state index in [1.54, 1.807) is 0 Å². The molecular weight excluding hydrogens is 219 g/mol. The Bertz CT molecular complexity index is 357. The molecule has 82 valence electrons. The zero-order valence-electron chi connectivity index (χ0n) is 7.80. The number of hydrogen-bond donors (Lipinski definition) is 3. The van der Waals surface area contributed by atoms with Gasteiger partial charge in [-0.1, -0.05) is 12.1 Å². The fraction of sp³-hybridized carbons (Fsp3) is 0.300. The Morgan fingerprint density at radius 2 is 2.13 bits per heavy atom. The van der Waals surface area contributed by atoms with E-state index in [0.29, 0.717) is 6.29 Å². The molecule has 0 aliphatic heterocycles. The number of halogens is 1. The topological polar surface area (TPSA) is 57.5 Å². The molecule has 0 bridgehead atoms. The maximum Gasteiger partial charge on any atom is 0.153 e. The van der Waals surface area contributed by atoms with Crippen LogP contribution in [-0.2, 0) is 0 Å². The predicted octanol–water partition coefficient (Wildman–Crippen LogP) is 0.962. The molecule has 0 fully saturated rings. The van der Waals surface area contributed by atoms with Crippen molar-refractivity contribution in [2.24, 2.45) is 0 Å². The molecule has 0 heterocycles. The number of carbonyl (C=O) groups is 1. The van der Waals surface area contributed by atoms with Gasteiger partial charge in [-0.05, 0) is 6.07 Å². The Labute approximate surface area is 92.0 Å². The smallest absolute Gasteiger partial charge is 0.153 e. The molecule has 0 aliphatic carbocycles. The highest BCUT2D eigenvalue weighted by Gasteiger charge is 2.21. The van der Waals surface area contributed by atoms with Gasteiger partial charge >= 0.3 is 0 Å². The standard InChI is InChI=1S/C10H11FO3S/c11-9-6(4-12)2-1-3-7(9)10(14)8(13)5-15/h1-4,8,10,13-15H,5H2. The fourth-order valence-electron chi connectivity index (χ4n) is 1.19. The second-order valence-corrected chi connectivity index (χ2v) is 3.43. The van der Waals surface area contributed by atoms with Crippen LogP contribution in [0.2, 0.25) is 0 Å². The molecule has 2 unspecified atom stereocenters. The Hall–Kier alpha value is -0.910. The molecule has 0 aliphatic rings. The van der Waals surface area contributed by atoms with Gasteiger partial charge in [-0.15, -0.1) is 0 Å². The highest BCUT2D eigenvalue weighted by molar-refractivity contribution is 7.80. The maximum atomic E-state index is 13.5. The van der Waals surface area contributed by atoms with Crippen molar-refractivity contribution in [3.63, 3.8) is 0 Å². The van der Waals surface area contributed by atoms with Crippen LogP contribution in [0, 0.1) is 5.82 Å². The molecule has 5 heteroatoms. The summed E-state index contributed by atoms with van der Waals surface area (Å²) in [6, 6.07) is 4.06. The van der Waals surface area contributed by atoms with Crippen molar-refractivity contribution in [3.05, 3.63) is 35.1 Å². The van der Waals surface area contributed by atoms with Gasteiger partial charge < -0.3 is 10.2 Å². The van der Waals surface area contributed by atoms with E-state index in [4.69, 9.17) is 0 Å². The Morgan fingerprint density at radius 3 is 2.67 bits per heavy atom. The van der Waals surface area contributed by atoms with E-state index in [1.807, 2.05) is 0 Å². The van der Waals surface area contributed by atoms with Crippen molar-refractivity contribution < 1.29 is 19.4 Å². The van der Waals surface area contributed by atoms with Crippen LogP contribution in [0.1, 0.15) is 22.0 Å². The minimum absolute atomic E-state index is 0.00588. The number of hydrogen-bond acceptors (Lipinski definition) is 4. The molecule has 15 heavy (non-hydrogen) atoms. The number of carbonyl (C=O) groups excluding carboxylic acids is 1. The average molecular weight is 230 g/mol. The molecule has 2 N–H and O–H groups in total. The van der Waals surface area contributed by atoms with E-state index in [-0.39, 0.29) is 16.9 Å². The van der Waals surface area contributed by atoms with Gasteiger partial charge in [-0.2, -0.15) is 12.6 Å². The first-order chi connectivity index (χ1) is 7.11. The molecular formula is C10H11FO3S. The lowest BCUT2D eigenvalue weighted by Gasteiger charge is -2.17. The SMILES string of the molecule is O=Cc1cccc(C(O)C(O)CS)c1F. The number of thiol groups is 1. The van der Waals surface area contributed by atoms with Crippen molar-refractivity contribution in [2.75, 3.05) is 5.75 Å². The first-order valence-electron chi connectivity index (χ1n) is 4.32. The third kappa shape index (κ3) is 2.56. The minimum atomic E-state index is -1.37. The third-order valence-corrected chi connectivity index (χ3v) is 2.43. The molecule has 2 atom stereocenters. The van der Waals surface area contributed by atoms with Crippen LogP contribution < -0.4 is 0 Å². The van der Waals surface area contributed by atoms with Gasteiger partial charge in [-0.3, -0.25) is 4.79 Å². The molecule has 0 saturated heterocycles. The second kappa shape index (κ2) is 5.25. The van der Waals surface area contributed by atoms with E-state index >= 15 is 0 Å². The molecule has 0 amide bonds. The van der Waals surface area contributed by atoms with Crippen molar-refractivity contribution >= 4 is 18.9 Å². The average Bonchev–Trinajstić information content (AvgIpc) is 2.27.